The third kappa shape index (κ3) is 3.63. The van der Waals surface area contributed by atoms with Gasteiger partial charge in [-0.15, -0.1) is 0 Å². The number of oxazole rings is 1. The van der Waals surface area contributed by atoms with Crippen LogP contribution in [0.4, 0.5) is 13.2 Å². The fraction of sp³-hybridized carbons (Fsp3) is 0.158. The molecule has 0 fully saturated rings. The van der Waals surface area contributed by atoms with E-state index in [0.29, 0.717) is 11.1 Å². The summed E-state index contributed by atoms with van der Waals surface area (Å²) in [6.07, 6.45) is -3.63. The maximum atomic E-state index is 13.3. The Morgan fingerprint density at radius 1 is 1.03 bits per heavy atom. The first kappa shape index (κ1) is 19.2. The van der Waals surface area contributed by atoms with Crippen LogP contribution in [-0.2, 0) is 16.0 Å². The molecule has 0 aliphatic rings. The van der Waals surface area contributed by atoms with Crippen LogP contribution >= 0.6 is 0 Å². The zero-order chi connectivity index (χ0) is 21.0. The molecule has 6 nitrogen and oxygen atoms in total. The predicted molar refractivity (Wildman–Crippen MR) is 99.4 cm³/mol. The highest BCUT2D eigenvalue weighted by Crippen LogP contribution is 2.34. The summed E-state index contributed by atoms with van der Waals surface area (Å²) in [7, 11) is -3.44. The van der Waals surface area contributed by atoms with Crippen molar-refractivity contribution in [1.29, 1.82) is 0 Å². The first-order valence-electron chi connectivity index (χ1n) is 8.38. The second kappa shape index (κ2) is 6.45. The molecule has 2 aromatic carbocycles. The zero-order valence-corrected chi connectivity index (χ0v) is 16.0. The van der Waals surface area contributed by atoms with Gasteiger partial charge in [-0.25, -0.2) is 18.1 Å². The Bertz CT molecular complexity index is 1320. The van der Waals surface area contributed by atoms with Gasteiger partial charge in [0.25, 0.3) is 0 Å². The standard InChI is InChI=1S/C19H14F3N3O3S/c1-11-3-8-14-16(9-11)28-18(23-14)15-10-17(19(20,21)22)24-25(15)12-4-6-13(7-5-12)29(2,26)27/h3-10H,1-2H3. The number of fused-ring (bicyclic) bond motifs is 1. The number of hydrogen-bond acceptors (Lipinski definition) is 5. The molecule has 0 bridgehead atoms. The van der Waals surface area contributed by atoms with Crippen LogP contribution in [0.3, 0.4) is 0 Å². The van der Waals surface area contributed by atoms with Crippen LogP contribution in [0.5, 0.6) is 0 Å². The van der Waals surface area contributed by atoms with Crippen molar-refractivity contribution in [2.24, 2.45) is 0 Å². The number of halogens is 3. The van der Waals surface area contributed by atoms with Crippen LogP contribution in [0.15, 0.2) is 57.8 Å². The van der Waals surface area contributed by atoms with Gasteiger partial charge in [-0.05, 0) is 48.9 Å². The van der Waals surface area contributed by atoms with Crippen LogP contribution in [0, 0.1) is 6.92 Å². The maximum Gasteiger partial charge on any atom is 0.435 e. The van der Waals surface area contributed by atoms with Crippen molar-refractivity contribution in [2.75, 3.05) is 6.26 Å². The summed E-state index contributed by atoms with van der Waals surface area (Å²) in [5, 5.41) is 3.65. The van der Waals surface area contributed by atoms with E-state index in [2.05, 4.69) is 10.1 Å². The molecule has 0 saturated carbocycles. The number of alkyl halides is 3. The molecule has 10 heteroatoms. The molecular weight excluding hydrogens is 407 g/mol. The van der Waals surface area contributed by atoms with Gasteiger partial charge in [0.2, 0.25) is 5.89 Å². The highest BCUT2D eigenvalue weighted by Gasteiger charge is 2.36. The number of aromatic nitrogens is 3. The van der Waals surface area contributed by atoms with Crippen molar-refractivity contribution in [3.63, 3.8) is 0 Å². The number of nitrogens with zero attached hydrogens (tertiary/aromatic N) is 3. The third-order valence-corrected chi connectivity index (χ3v) is 5.40. The molecule has 0 aliphatic carbocycles. The molecule has 29 heavy (non-hydrogen) atoms. The Balaban J connectivity index is 1.90. The molecule has 150 valence electrons. The van der Waals surface area contributed by atoms with Crippen LogP contribution in [0.1, 0.15) is 11.3 Å². The van der Waals surface area contributed by atoms with Crippen LogP contribution < -0.4 is 0 Å². The number of benzene rings is 2. The summed E-state index contributed by atoms with van der Waals surface area (Å²) in [6.45, 7) is 1.86. The van der Waals surface area contributed by atoms with E-state index in [9.17, 15) is 21.6 Å². The van der Waals surface area contributed by atoms with E-state index in [1.165, 1.54) is 24.3 Å². The normalized spacial score (nSPS) is 12.6. The molecule has 0 saturated heterocycles. The van der Waals surface area contributed by atoms with Gasteiger partial charge in [0.15, 0.2) is 21.1 Å². The molecule has 0 unspecified atom stereocenters. The minimum atomic E-state index is -4.67. The van der Waals surface area contributed by atoms with Gasteiger partial charge in [0.05, 0.1) is 10.6 Å². The zero-order valence-electron chi connectivity index (χ0n) is 15.2. The second-order valence-electron chi connectivity index (χ2n) is 6.58. The Morgan fingerprint density at radius 2 is 1.72 bits per heavy atom. The van der Waals surface area contributed by atoms with E-state index in [1.54, 1.807) is 12.1 Å². The molecule has 0 amide bonds. The Labute approximate surface area is 163 Å². The molecule has 2 aromatic heterocycles. The van der Waals surface area contributed by atoms with Crippen molar-refractivity contribution < 1.29 is 26.0 Å². The third-order valence-electron chi connectivity index (χ3n) is 4.27. The topological polar surface area (TPSA) is 78.0 Å². The number of aryl methyl sites for hydroxylation is 1. The van der Waals surface area contributed by atoms with Gasteiger partial charge >= 0.3 is 6.18 Å². The van der Waals surface area contributed by atoms with Crippen LogP contribution in [-0.4, -0.2) is 29.4 Å². The first-order chi connectivity index (χ1) is 13.5. The van der Waals surface area contributed by atoms with Crippen molar-refractivity contribution in [1.82, 2.24) is 14.8 Å². The maximum absolute atomic E-state index is 13.3. The average Bonchev–Trinajstić information content (AvgIpc) is 3.24. The Kier molecular flexibility index (Phi) is 4.26. The molecule has 0 atom stereocenters. The number of rotatable bonds is 3. The Morgan fingerprint density at radius 3 is 2.34 bits per heavy atom. The number of hydrogen-bond donors (Lipinski definition) is 0. The highest BCUT2D eigenvalue weighted by atomic mass is 32.2. The lowest BCUT2D eigenvalue weighted by Crippen LogP contribution is -2.07. The second-order valence-corrected chi connectivity index (χ2v) is 8.60. The van der Waals surface area contributed by atoms with E-state index in [1.807, 2.05) is 13.0 Å². The summed E-state index contributed by atoms with van der Waals surface area (Å²) >= 11 is 0. The van der Waals surface area contributed by atoms with Gasteiger partial charge in [0, 0.05) is 12.3 Å². The average molecular weight is 421 g/mol. The summed E-state index contributed by atoms with van der Waals surface area (Å²) in [4.78, 5) is 4.32. The first-order valence-corrected chi connectivity index (χ1v) is 10.3. The summed E-state index contributed by atoms with van der Waals surface area (Å²) < 4.78 is 69.8. The quantitative estimate of drug-likeness (QED) is 0.490. The van der Waals surface area contributed by atoms with E-state index in [-0.39, 0.29) is 22.2 Å². The lowest BCUT2D eigenvalue weighted by molar-refractivity contribution is -0.141. The molecule has 0 aliphatic heterocycles. The lowest BCUT2D eigenvalue weighted by atomic mass is 10.2. The summed E-state index contributed by atoms with van der Waals surface area (Å²) in [6, 6.07) is 11.5. The van der Waals surface area contributed by atoms with Crippen molar-refractivity contribution in [3.8, 4) is 17.3 Å². The van der Waals surface area contributed by atoms with Gasteiger partial charge in [-0.3, -0.25) is 0 Å². The monoisotopic (exact) mass is 421 g/mol. The SMILES string of the molecule is Cc1ccc2nc(-c3cc(C(F)(F)F)nn3-c3ccc(S(C)(=O)=O)cc3)oc2c1. The van der Waals surface area contributed by atoms with Crippen molar-refractivity contribution in [3.05, 3.63) is 59.8 Å². The van der Waals surface area contributed by atoms with Gasteiger partial charge < -0.3 is 4.42 Å². The summed E-state index contributed by atoms with van der Waals surface area (Å²) in [5.41, 5.74) is 0.979. The van der Waals surface area contributed by atoms with Crippen molar-refractivity contribution in [2.45, 2.75) is 18.0 Å². The van der Waals surface area contributed by atoms with E-state index in [0.717, 1.165) is 22.6 Å². The smallest absolute Gasteiger partial charge is 0.435 e. The van der Waals surface area contributed by atoms with E-state index in [4.69, 9.17) is 4.42 Å². The largest absolute Gasteiger partial charge is 0.435 e. The Hall–Kier alpha value is -3.14. The van der Waals surface area contributed by atoms with Crippen LogP contribution in [0.2, 0.25) is 0 Å². The fourth-order valence-electron chi connectivity index (χ4n) is 2.84. The molecule has 4 rings (SSSR count). The molecule has 0 radical (unpaired) electrons. The molecule has 0 spiro atoms. The van der Waals surface area contributed by atoms with Crippen LogP contribution in [0.25, 0.3) is 28.4 Å². The molecular formula is C19H14F3N3O3S. The fourth-order valence-corrected chi connectivity index (χ4v) is 3.48. The number of sulfone groups is 1. The highest BCUT2D eigenvalue weighted by molar-refractivity contribution is 7.90. The van der Waals surface area contributed by atoms with E-state index < -0.39 is 21.7 Å². The molecule has 2 heterocycles. The van der Waals surface area contributed by atoms with Gasteiger partial charge in [-0.1, -0.05) is 6.07 Å². The minimum absolute atomic E-state index is 0.00159. The molecule has 0 N–H and O–H groups in total. The van der Waals surface area contributed by atoms with E-state index >= 15 is 0 Å². The molecule has 4 aromatic rings. The minimum Gasteiger partial charge on any atom is -0.435 e. The van der Waals surface area contributed by atoms with Gasteiger partial charge in [0.1, 0.15) is 11.2 Å². The predicted octanol–water partition coefficient (Wildman–Crippen LogP) is 4.41. The van der Waals surface area contributed by atoms with Crippen molar-refractivity contribution >= 4 is 20.9 Å². The summed E-state index contributed by atoms with van der Waals surface area (Å²) in [5.74, 6) is -0.0270. The van der Waals surface area contributed by atoms with Gasteiger partial charge in [-0.2, -0.15) is 18.3 Å². The lowest BCUT2D eigenvalue weighted by Gasteiger charge is -2.06.